The van der Waals surface area contributed by atoms with Crippen LogP contribution in [0.5, 0.6) is 0 Å². The third kappa shape index (κ3) is 5.38. The van der Waals surface area contributed by atoms with E-state index < -0.39 is 18.1 Å². The number of benzene rings is 2. The van der Waals surface area contributed by atoms with Gasteiger partial charge in [0, 0.05) is 4.47 Å². The number of halogens is 1. The van der Waals surface area contributed by atoms with E-state index in [0.29, 0.717) is 0 Å². The number of carboxylic acid groups (broad SMARTS) is 1. The Balaban J connectivity index is 2.03. The van der Waals surface area contributed by atoms with Crippen molar-refractivity contribution < 1.29 is 19.4 Å². The van der Waals surface area contributed by atoms with Gasteiger partial charge in [-0.25, -0.2) is 4.79 Å². The van der Waals surface area contributed by atoms with E-state index in [4.69, 9.17) is 9.84 Å². The molecule has 0 heterocycles. The molecule has 0 fully saturated rings. The Hall–Kier alpha value is -2.34. The predicted molar refractivity (Wildman–Crippen MR) is 93.6 cm³/mol. The highest BCUT2D eigenvalue weighted by atomic mass is 79.9. The molecule has 0 saturated carbocycles. The zero-order valence-corrected chi connectivity index (χ0v) is 14.7. The molecular formula is C18H18BrNO4. The maximum Gasteiger partial charge on any atom is 0.407 e. The smallest absolute Gasteiger partial charge is 0.407 e. The van der Waals surface area contributed by atoms with Crippen LogP contribution < -0.4 is 5.32 Å². The Morgan fingerprint density at radius 1 is 1.21 bits per heavy atom. The first-order valence-corrected chi connectivity index (χ1v) is 8.20. The minimum absolute atomic E-state index is 0.131. The van der Waals surface area contributed by atoms with Gasteiger partial charge in [-0.1, -0.05) is 58.4 Å². The number of carbonyl (C=O) groups excluding carboxylic acids is 1. The van der Waals surface area contributed by atoms with Crippen LogP contribution in [0.15, 0.2) is 53.0 Å². The average molecular weight is 392 g/mol. The lowest BCUT2D eigenvalue weighted by Gasteiger charge is -2.18. The van der Waals surface area contributed by atoms with Crippen molar-refractivity contribution in [2.75, 3.05) is 0 Å². The second-order valence-corrected chi connectivity index (χ2v) is 6.22. The van der Waals surface area contributed by atoms with Crippen LogP contribution in [0.25, 0.3) is 0 Å². The SMILES string of the molecule is Cc1cc(C(CC(=O)O)NC(=O)OCc2ccccc2)ccc1Br. The van der Waals surface area contributed by atoms with Crippen LogP contribution in [0, 0.1) is 6.92 Å². The number of ether oxygens (including phenoxy) is 1. The molecule has 0 radical (unpaired) electrons. The molecule has 2 N–H and O–H groups in total. The Labute approximate surface area is 148 Å². The normalized spacial score (nSPS) is 11.6. The van der Waals surface area contributed by atoms with Gasteiger partial charge >= 0.3 is 12.1 Å². The Kier molecular flexibility index (Phi) is 6.37. The van der Waals surface area contributed by atoms with Crippen molar-refractivity contribution in [3.63, 3.8) is 0 Å². The zero-order valence-electron chi connectivity index (χ0n) is 13.2. The van der Waals surface area contributed by atoms with E-state index in [-0.39, 0.29) is 13.0 Å². The molecule has 2 rings (SSSR count). The highest BCUT2D eigenvalue weighted by molar-refractivity contribution is 9.10. The van der Waals surface area contributed by atoms with Crippen LogP contribution in [-0.2, 0) is 16.1 Å². The van der Waals surface area contributed by atoms with E-state index in [1.54, 1.807) is 6.07 Å². The topological polar surface area (TPSA) is 75.6 Å². The minimum atomic E-state index is -0.996. The summed E-state index contributed by atoms with van der Waals surface area (Å²) in [5.41, 5.74) is 2.54. The maximum atomic E-state index is 12.0. The lowest BCUT2D eigenvalue weighted by atomic mass is 10.0. The third-order valence-electron chi connectivity index (χ3n) is 3.47. The van der Waals surface area contributed by atoms with Gasteiger partial charge in [0.05, 0.1) is 12.5 Å². The molecule has 1 unspecified atom stereocenters. The highest BCUT2D eigenvalue weighted by Gasteiger charge is 2.19. The van der Waals surface area contributed by atoms with Crippen LogP contribution >= 0.6 is 15.9 Å². The maximum absolute atomic E-state index is 12.0. The molecule has 1 atom stereocenters. The van der Waals surface area contributed by atoms with E-state index in [9.17, 15) is 9.59 Å². The van der Waals surface area contributed by atoms with Crippen molar-refractivity contribution >= 4 is 28.0 Å². The van der Waals surface area contributed by atoms with E-state index >= 15 is 0 Å². The summed E-state index contributed by atoms with van der Waals surface area (Å²) >= 11 is 3.40. The summed E-state index contributed by atoms with van der Waals surface area (Å²) < 4.78 is 6.09. The summed E-state index contributed by atoms with van der Waals surface area (Å²) in [5.74, 6) is -0.996. The van der Waals surface area contributed by atoms with Crippen molar-refractivity contribution in [1.82, 2.24) is 5.32 Å². The number of carboxylic acids is 1. The molecule has 0 spiro atoms. The number of amides is 1. The number of hydrogen-bond donors (Lipinski definition) is 2. The number of aryl methyl sites for hydroxylation is 1. The van der Waals surface area contributed by atoms with Crippen LogP contribution in [0.1, 0.15) is 29.2 Å². The molecule has 2 aromatic rings. The van der Waals surface area contributed by atoms with Gasteiger partial charge in [-0.05, 0) is 29.7 Å². The Morgan fingerprint density at radius 3 is 2.54 bits per heavy atom. The fourth-order valence-corrected chi connectivity index (χ4v) is 2.47. The molecule has 0 aliphatic rings. The van der Waals surface area contributed by atoms with Gasteiger partial charge < -0.3 is 15.2 Å². The van der Waals surface area contributed by atoms with Gasteiger partial charge in [0.2, 0.25) is 0 Å². The number of hydrogen-bond acceptors (Lipinski definition) is 3. The van der Waals surface area contributed by atoms with Crippen LogP contribution in [-0.4, -0.2) is 17.2 Å². The molecule has 0 aliphatic carbocycles. The van der Waals surface area contributed by atoms with Gasteiger partial charge in [0.15, 0.2) is 0 Å². The molecule has 0 aliphatic heterocycles. The molecular weight excluding hydrogens is 374 g/mol. The van der Waals surface area contributed by atoms with Crippen LogP contribution in [0.3, 0.4) is 0 Å². The quantitative estimate of drug-likeness (QED) is 0.773. The monoisotopic (exact) mass is 391 g/mol. The van der Waals surface area contributed by atoms with Crippen LogP contribution in [0.2, 0.25) is 0 Å². The lowest BCUT2D eigenvalue weighted by molar-refractivity contribution is -0.137. The van der Waals surface area contributed by atoms with E-state index in [2.05, 4.69) is 21.2 Å². The average Bonchev–Trinajstić information content (AvgIpc) is 2.55. The zero-order chi connectivity index (χ0) is 17.5. The van der Waals surface area contributed by atoms with Gasteiger partial charge in [-0.2, -0.15) is 0 Å². The summed E-state index contributed by atoms with van der Waals surface area (Å²) in [4.78, 5) is 23.1. The molecule has 5 nitrogen and oxygen atoms in total. The highest BCUT2D eigenvalue weighted by Crippen LogP contribution is 2.23. The molecule has 0 bridgehead atoms. The molecule has 126 valence electrons. The Bertz CT molecular complexity index is 718. The van der Waals surface area contributed by atoms with Crippen molar-refractivity contribution in [3.8, 4) is 0 Å². The third-order valence-corrected chi connectivity index (χ3v) is 4.36. The van der Waals surface area contributed by atoms with Crippen molar-refractivity contribution in [3.05, 3.63) is 69.7 Å². The van der Waals surface area contributed by atoms with Gasteiger partial charge in [0.1, 0.15) is 6.61 Å². The molecule has 24 heavy (non-hydrogen) atoms. The predicted octanol–water partition coefficient (Wildman–Crippen LogP) is 4.20. The van der Waals surface area contributed by atoms with E-state index in [1.807, 2.05) is 49.4 Å². The summed E-state index contributed by atoms with van der Waals surface area (Å²) in [5, 5.41) is 11.7. The summed E-state index contributed by atoms with van der Waals surface area (Å²) in [6, 6.07) is 14.1. The van der Waals surface area contributed by atoms with Crippen LogP contribution in [0.4, 0.5) is 4.79 Å². The first kappa shape index (κ1) is 18.0. The number of alkyl carbamates (subject to hydrolysis) is 1. The first-order chi connectivity index (χ1) is 11.5. The molecule has 6 heteroatoms. The standard InChI is InChI=1S/C18H18BrNO4/c1-12-9-14(7-8-15(12)19)16(10-17(21)22)20-18(23)24-11-13-5-3-2-4-6-13/h2-9,16H,10-11H2,1H3,(H,20,23)(H,21,22). The lowest BCUT2D eigenvalue weighted by Crippen LogP contribution is -2.30. The van der Waals surface area contributed by atoms with E-state index in [1.165, 1.54) is 0 Å². The number of nitrogens with one attached hydrogen (secondary N) is 1. The first-order valence-electron chi connectivity index (χ1n) is 7.41. The molecule has 0 aromatic heterocycles. The van der Waals surface area contributed by atoms with Crippen molar-refractivity contribution in [2.24, 2.45) is 0 Å². The second kappa shape index (κ2) is 8.49. The molecule has 0 saturated heterocycles. The van der Waals surface area contributed by atoms with E-state index in [0.717, 1.165) is 21.2 Å². The Morgan fingerprint density at radius 2 is 1.92 bits per heavy atom. The number of carbonyl (C=O) groups is 2. The minimum Gasteiger partial charge on any atom is -0.481 e. The fraction of sp³-hybridized carbons (Fsp3) is 0.222. The van der Waals surface area contributed by atoms with Gasteiger partial charge in [0.25, 0.3) is 0 Å². The molecule has 1 amide bonds. The summed E-state index contributed by atoms with van der Waals surface area (Å²) in [7, 11) is 0. The molecule has 2 aromatic carbocycles. The van der Waals surface area contributed by atoms with Gasteiger partial charge in [-0.3, -0.25) is 4.79 Å². The van der Waals surface area contributed by atoms with Crippen molar-refractivity contribution in [1.29, 1.82) is 0 Å². The number of aliphatic carboxylic acids is 1. The van der Waals surface area contributed by atoms with Crippen molar-refractivity contribution in [2.45, 2.75) is 26.0 Å². The second-order valence-electron chi connectivity index (χ2n) is 5.37. The number of rotatable bonds is 6. The largest absolute Gasteiger partial charge is 0.481 e. The van der Waals surface area contributed by atoms with Gasteiger partial charge in [-0.15, -0.1) is 0 Å². The fourth-order valence-electron chi connectivity index (χ4n) is 2.22. The summed E-state index contributed by atoms with van der Waals surface area (Å²) in [6.45, 7) is 2.03. The summed E-state index contributed by atoms with van der Waals surface area (Å²) in [6.07, 6.45) is -0.868.